The lowest BCUT2D eigenvalue weighted by Gasteiger charge is -2.22. The summed E-state index contributed by atoms with van der Waals surface area (Å²) < 4.78 is 0. The quantitative estimate of drug-likeness (QED) is 0.294. The molecule has 0 fully saturated rings. The van der Waals surface area contributed by atoms with Crippen LogP contribution in [0.4, 0.5) is 0 Å². The molecule has 3 amide bonds. The number of aromatic amines is 1. The van der Waals surface area contributed by atoms with Gasteiger partial charge in [0.2, 0.25) is 24.0 Å². The molecule has 167 valence electrons. The van der Waals surface area contributed by atoms with Gasteiger partial charge in [0.15, 0.2) is 0 Å². The predicted molar refractivity (Wildman–Crippen MR) is 121 cm³/mol. The SMILES string of the molecule is CSCC[C@H](N)C(=O)N[C@@H](CCC(N)=O)C(=O)N[C@H]([C]=O)Cc1c[nH]c2ccccc12. The molecule has 1 radical (unpaired) electrons. The third-order valence-electron chi connectivity index (χ3n) is 4.84. The number of hydrogen-bond acceptors (Lipinski definition) is 6. The average Bonchev–Trinajstić information content (AvgIpc) is 3.16. The lowest BCUT2D eigenvalue weighted by Crippen LogP contribution is -2.54. The van der Waals surface area contributed by atoms with Crippen LogP contribution in [0.25, 0.3) is 10.9 Å². The minimum atomic E-state index is -1.04. The summed E-state index contributed by atoms with van der Waals surface area (Å²) >= 11 is 1.55. The first-order valence-electron chi connectivity index (χ1n) is 9.92. The van der Waals surface area contributed by atoms with E-state index in [0.717, 1.165) is 16.5 Å². The van der Waals surface area contributed by atoms with Gasteiger partial charge < -0.3 is 27.1 Å². The molecule has 0 aliphatic heterocycles. The average molecular weight is 447 g/mol. The van der Waals surface area contributed by atoms with E-state index in [-0.39, 0.29) is 19.3 Å². The van der Waals surface area contributed by atoms with E-state index in [1.54, 1.807) is 18.0 Å². The number of primary amides is 1. The first-order valence-corrected chi connectivity index (χ1v) is 11.3. The van der Waals surface area contributed by atoms with Crippen molar-refractivity contribution in [1.29, 1.82) is 0 Å². The van der Waals surface area contributed by atoms with Gasteiger partial charge in [0, 0.05) is 29.9 Å². The summed E-state index contributed by atoms with van der Waals surface area (Å²) in [6.07, 6.45) is 6.08. The third-order valence-corrected chi connectivity index (χ3v) is 5.48. The summed E-state index contributed by atoms with van der Waals surface area (Å²) in [4.78, 5) is 50.9. The van der Waals surface area contributed by atoms with Crippen molar-refractivity contribution in [2.24, 2.45) is 11.5 Å². The predicted octanol–water partition coefficient (Wildman–Crippen LogP) is 0.136. The molecule has 10 heteroatoms. The molecule has 2 rings (SSSR count). The van der Waals surface area contributed by atoms with Crippen LogP contribution in [-0.4, -0.2) is 59.1 Å². The van der Waals surface area contributed by atoms with Gasteiger partial charge in [0.25, 0.3) is 0 Å². The van der Waals surface area contributed by atoms with Gasteiger partial charge in [-0.1, -0.05) is 18.2 Å². The number of nitrogens with one attached hydrogen (secondary N) is 3. The van der Waals surface area contributed by atoms with E-state index < -0.39 is 35.8 Å². The van der Waals surface area contributed by atoms with Crippen molar-refractivity contribution in [1.82, 2.24) is 15.6 Å². The Labute approximate surface area is 185 Å². The lowest BCUT2D eigenvalue weighted by molar-refractivity contribution is -0.130. The maximum Gasteiger partial charge on any atom is 0.243 e. The topological polar surface area (TPSA) is 160 Å². The zero-order valence-electron chi connectivity index (χ0n) is 17.4. The number of carbonyl (C=O) groups excluding carboxylic acids is 4. The minimum absolute atomic E-state index is 0.000811. The third kappa shape index (κ3) is 7.41. The van der Waals surface area contributed by atoms with E-state index in [9.17, 15) is 19.2 Å². The fraction of sp³-hybridized carbons (Fsp3) is 0.429. The smallest absolute Gasteiger partial charge is 0.243 e. The Morgan fingerprint density at radius 2 is 1.90 bits per heavy atom. The second-order valence-corrected chi connectivity index (χ2v) is 8.18. The Kier molecular flexibility index (Phi) is 9.54. The number of H-pyrrole nitrogens is 1. The number of benzene rings is 1. The summed E-state index contributed by atoms with van der Waals surface area (Å²) in [5.74, 6) is -1.00. The molecule has 1 aromatic heterocycles. The fourth-order valence-electron chi connectivity index (χ4n) is 3.12. The van der Waals surface area contributed by atoms with Crippen molar-refractivity contribution in [3.8, 4) is 0 Å². The number of carbonyl (C=O) groups is 3. The Balaban J connectivity index is 2.06. The van der Waals surface area contributed by atoms with E-state index in [1.165, 1.54) is 0 Å². The highest BCUT2D eigenvalue weighted by atomic mass is 32.2. The van der Waals surface area contributed by atoms with Gasteiger partial charge in [-0.15, -0.1) is 0 Å². The number of para-hydroxylation sites is 1. The summed E-state index contributed by atoms with van der Waals surface area (Å²) in [6.45, 7) is 0. The molecule has 3 atom stereocenters. The fourth-order valence-corrected chi connectivity index (χ4v) is 3.61. The van der Waals surface area contributed by atoms with Crippen LogP contribution < -0.4 is 22.1 Å². The Hall–Kier alpha value is -2.85. The van der Waals surface area contributed by atoms with Gasteiger partial charge in [0.1, 0.15) is 6.04 Å². The van der Waals surface area contributed by atoms with Gasteiger partial charge in [-0.3, -0.25) is 19.2 Å². The van der Waals surface area contributed by atoms with Crippen molar-refractivity contribution in [3.63, 3.8) is 0 Å². The first kappa shape index (κ1) is 24.4. The van der Waals surface area contributed by atoms with Gasteiger partial charge in [-0.25, -0.2) is 0 Å². The zero-order valence-corrected chi connectivity index (χ0v) is 18.2. The number of aromatic nitrogens is 1. The molecular formula is C21H28N5O4S. The van der Waals surface area contributed by atoms with Crippen LogP contribution in [0.5, 0.6) is 0 Å². The van der Waals surface area contributed by atoms with Crippen molar-refractivity contribution in [2.75, 3.05) is 12.0 Å². The molecule has 0 unspecified atom stereocenters. The van der Waals surface area contributed by atoms with Crippen LogP contribution in [-0.2, 0) is 25.6 Å². The lowest BCUT2D eigenvalue weighted by atomic mass is 10.0. The number of nitrogens with two attached hydrogens (primary N) is 2. The van der Waals surface area contributed by atoms with Crippen molar-refractivity contribution in [2.45, 2.75) is 43.8 Å². The maximum atomic E-state index is 12.8. The first-order chi connectivity index (χ1) is 14.8. The standard InChI is InChI=1S/C21H28N5O4S/c1-31-9-8-16(22)20(29)26-18(6-7-19(23)28)21(30)25-14(12-27)10-13-11-24-17-5-3-2-4-15(13)17/h2-5,11,14,16,18,24H,6-10,22H2,1H3,(H2,23,28)(H,25,30)(H,26,29)/t14-,16-,18-/m0/s1. The number of thioether (sulfide) groups is 1. The van der Waals surface area contributed by atoms with E-state index in [2.05, 4.69) is 15.6 Å². The normalized spacial score (nSPS) is 13.9. The maximum absolute atomic E-state index is 12.8. The van der Waals surface area contributed by atoms with Crippen molar-refractivity contribution >= 4 is 46.7 Å². The van der Waals surface area contributed by atoms with Gasteiger partial charge in [0.05, 0.1) is 12.1 Å². The zero-order chi connectivity index (χ0) is 22.8. The second-order valence-electron chi connectivity index (χ2n) is 7.20. The van der Waals surface area contributed by atoms with Gasteiger partial charge in [-0.2, -0.15) is 11.8 Å². The van der Waals surface area contributed by atoms with E-state index >= 15 is 0 Å². The molecule has 1 heterocycles. The van der Waals surface area contributed by atoms with E-state index in [1.807, 2.05) is 36.8 Å². The number of fused-ring (bicyclic) bond motifs is 1. The minimum Gasteiger partial charge on any atom is -0.370 e. The molecule has 9 nitrogen and oxygen atoms in total. The molecular weight excluding hydrogens is 418 g/mol. The summed E-state index contributed by atoms with van der Waals surface area (Å²) in [7, 11) is 0. The van der Waals surface area contributed by atoms with Gasteiger partial charge in [-0.05, 0) is 36.5 Å². The Morgan fingerprint density at radius 3 is 2.58 bits per heavy atom. The summed E-state index contributed by atoms with van der Waals surface area (Å²) in [6, 6.07) is 4.85. The van der Waals surface area contributed by atoms with Crippen molar-refractivity contribution in [3.05, 3.63) is 36.0 Å². The van der Waals surface area contributed by atoms with Crippen LogP contribution in [0.1, 0.15) is 24.8 Å². The number of hydrogen-bond donors (Lipinski definition) is 5. The Morgan fingerprint density at radius 1 is 1.16 bits per heavy atom. The highest BCUT2D eigenvalue weighted by Crippen LogP contribution is 2.18. The molecule has 0 saturated carbocycles. The number of amides is 3. The van der Waals surface area contributed by atoms with Crippen molar-refractivity contribution < 1.29 is 19.2 Å². The highest BCUT2D eigenvalue weighted by molar-refractivity contribution is 7.98. The molecule has 0 aliphatic rings. The largest absolute Gasteiger partial charge is 0.370 e. The highest BCUT2D eigenvalue weighted by Gasteiger charge is 2.26. The molecule has 0 aliphatic carbocycles. The van der Waals surface area contributed by atoms with Crippen LogP contribution >= 0.6 is 11.8 Å². The van der Waals surface area contributed by atoms with Gasteiger partial charge >= 0.3 is 0 Å². The summed E-state index contributed by atoms with van der Waals surface area (Å²) in [5, 5.41) is 6.10. The second kappa shape index (κ2) is 12.1. The van der Waals surface area contributed by atoms with E-state index in [4.69, 9.17) is 11.5 Å². The monoisotopic (exact) mass is 446 g/mol. The molecule has 0 bridgehead atoms. The molecule has 31 heavy (non-hydrogen) atoms. The molecule has 0 spiro atoms. The Bertz CT molecular complexity index is 916. The summed E-state index contributed by atoms with van der Waals surface area (Å²) in [5.41, 5.74) is 12.8. The molecule has 2 aromatic rings. The van der Waals surface area contributed by atoms with Crippen LogP contribution in [0, 0.1) is 0 Å². The van der Waals surface area contributed by atoms with Crippen LogP contribution in [0.3, 0.4) is 0 Å². The molecule has 1 aromatic carbocycles. The number of rotatable bonds is 13. The van der Waals surface area contributed by atoms with Crippen LogP contribution in [0.15, 0.2) is 30.5 Å². The molecule has 7 N–H and O–H groups in total. The van der Waals surface area contributed by atoms with E-state index in [0.29, 0.717) is 12.2 Å². The molecule has 0 saturated heterocycles. The van der Waals surface area contributed by atoms with Crippen LogP contribution in [0.2, 0.25) is 0 Å².